The minimum Gasteiger partial charge on any atom is -0.506 e. The number of aliphatic hydroxyl groups is 2. The van der Waals surface area contributed by atoms with Crippen LogP contribution >= 0.6 is 23.2 Å². The maximum atomic E-state index is 9.89. The number of nitrogen functional groups attached to an aromatic ring is 2. The molecule has 0 bridgehead atoms. The molecule has 11 heteroatoms. The molecule has 0 radical (unpaired) electrons. The molecular weight excluding hydrogens is 323 g/mol. The van der Waals surface area contributed by atoms with Gasteiger partial charge in [0.1, 0.15) is 12.3 Å². The lowest BCUT2D eigenvalue weighted by Gasteiger charge is -2.20. The molecule has 0 saturated carbocycles. The number of aromatic nitrogens is 4. The molecule has 1 aliphatic rings. The molecule has 0 aromatic carbocycles. The van der Waals surface area contributed by atoms with Crippen LogP contribution in [-0.2, 0) is 4.74 Å². The molecule has 9 nitrogen and oxygen atoms in total. The van der Waals surface area contributed by atoms with E-state index in [2.05, 4.69) is 15.1 Å². The number of hydrogen-bond acceptors (Lipinski definition) is 8. The van der Waals surface area contributed by atoms with Crippen LogP contribution in [0.4, 0.5) is 11.8 Å². The first-order chi connectivity index (χ1) is 9.86. The fourth-order valence-electron chi connectivity index (χ4n) is 2.06. The Labute approximate surface area is 127 Å². The smallest absolute Gasteiger partial charge is 0.240 e. The van der Waals surface area contributed by atoms with Gasteiger partial charge < -0.3 is 26.4 Å². The lowest BCUT2D eigenvalue weighted by atomic mass is 10.2. The van der Waals surface area contributed by atoms with E-state index in [1.165, 1.54) is 10.7 Å². The van der Waals surface area contributed by atoms with Crippen molar-refractivity contribution in [2.24, 2.45) is 0 Å². The van der Waals surface area contributed by atoms with Crippen LogP contribution < -0.4 is 11.5 Å². The van der Waals surface area contributed by atoms with Crippen LogP contribution in [0, 0.1) is 0 Å². The van der Waals surface area contributed by atoms with Gasteiger partial charge in [0.05, 0.1) is 6.20 Å². The maximum absolute atomic E-state index is 9.89. The molecule has 1 aliphatic heterocycles. The fourth-order valence-corrected chi connectivity index (χ4v) is 2.58. The van der Waals surface area contributed by atoms with E-state index in [9.17, 15) is 5.11 Å². The van der Waals surface area contributed by atoms with Crippen molar-refractivity contribution in [1.82, 2.24) is 19.6 Å². The Morgan fingerprint density at radius 2 is 2.14 bits per heavy atom. The summed E-state index contributed by atoms with van der Waals surface area (Å²) < 4.78 is 4.85. The summed E-state index contributed by atoms with van der Waals surface area (Å²) >= 11 is 12.2. The number of hydrogen-bond donors (Lipinski definition) is 4. The summed E-state index contributed by atoms with van der Waals surface area (Å²) in [5.41, 5.74) is 11.8. The molecule has 21 heavy (non-hydrogen) atoms. The Balaban J connectivity index is 2.15. The van der Waals surface area contributed by atoms with Gasteiger partial charge in [-0.2, -0.15) is 4.98 Å². The van der Waals surface area contributed by atoms with E-state index in [0.29, 0.717) is 5.69 Å². The van der Waals surface area contributed by atoms with Crippen molar-refractivity contribution in [3.05, 3.63) is 23.4 Å². The van der Waals surface area contributed by atoms with Gasteiger partial charge in [-0.15, -0.1) is 5.10 Å². The van der Waals surface area contributed by atoms with Crippen molar-refractivity contribution in [1.29, 1.82) is 0 Å². The highest BCUT2D eigenvalue weighted by atomic mass is 35.5. The van der Waals surface area contributed by atoms with E-state index in [0.717, 1.165) is 0 Å². The van der Waals surface area contributed by atoms with E-state index in [1.54, 1.807) is 0 Å². The standard InChI is InChI=1S/C10H10Cl2N6O3/c11-10(12)5(20)4(2-19)21-6(10)3-1-15-8-7(13)16-9(14)17-18(3)8/h1,6,19-20H,2H2,(H4,13,14,16,17)/t6-/m0/s1. The quantitative estimate of drug-likeness (QED) is 0.574. The lowest BCUT2D eigenvalue weighted by molar-refractivity contribution is 0.106. The minimum atomic E-state index is -1.80. The Hall–Kier alpha value is -1.97. The van der Waals surface area contributed by atoms with E-state index in [4.69, 9.17) is 44.5 Å². The molecule has 0 fully saturated rings. The molecular formula is C10H10Cl2N6O3. The molecule has 0 saturated heterocycles. The third-order valence-electron chi connectivity index (χ3n) is 3.01. The number of halogens is 2. The average Bonchev–Trinajstić information content (AvgIpc) is 2.91. The molecule has 2 aromatic heterocycles. The van der Waals surface area contributed by atoms with Gasteiger partial charge in [-0.05, 0) is 0 Å². The number of imidazole rings is 1. The van der Waals surface area contributed by atoms with Gasteiger partial charge >= 0.3 is 0 Å². The van der Waals surface area contributed by atoms with Gasteiger partial charge in [0.15, 0.2) is 29.1 Å². The first kappa shape index (κ1) is 14.0. The SMILES string of the molecule is Nc1nc(N)c2ncc([C@@H]3OC(CO)=C(O)C3(Cl)Cl)n2n1. The lowest BCUT2D eigenvalue weighted by Crippen LogP contribution is -2.24. The van der Waals surface area contributed by atoms with Crippen molar-refractivity contribution in [3.63, 3.8) is 0 Å². The van der Waals surface area contributed by atoms with Gasteiger partial charge in [-0.1, -0.05) is 23.2 Å². The summed E-state index contributed by atoms with van der Waals surface area (Å²) in [7, 11) is 0. The van der Waals surface area contributed by atoms with Crippen LogP contribution in [-0.4, -0.2) is 40.7 Å². The predicted molar refractivity (Wildman–Crippen MR) is 74.6 cm³/mol. The molecule has 0 unspecified atom stereocenters. The zero-order valence-corrected chi connectivity index (χ0v) is 11.9. The Kier molecular flexibility index (Phi) is 3.01. The van der Waals surface area contributed by atoms with Crippen LogP contribution in [0.15, 0.2) is 17.7 Å². The zero-order valence-electron chi connectivity index (χ0n) is 10.4. The second-order valence-corrected chi connectivity index (χ2v) is 5.71. The van der Waals surface area contributed by atoms with Crippen molar-refractivity contribution >= 4 is 40.6 Å². The first-order valence-electron chi connectivity index (χ1n) is 5.70. The first-order valence-corrected chi connectivity index (χ1v) is 6.46. The van der Waals surface area contributed by atoms with Gasteiger partial charge in [0, 0.05) is 0 Å². The monoisotopic (exact) mass is 332 g/mol. The second-order valence-electron chi connectivity index (χ2n) is 4.32. The summed E-state index contributed by atoms with van der Waals surface area (Å²) in [5, 5.41) is 23.0. The molecule has 0 amide bonds. The summed E-state index contributed by atoms with van der Waals surface area (Å²) in [6.07, 6.45) is 0.323. The Morgan fingerprint density at radius 3 is 2.76 bits per heavy atom. The summed E-state index contributed by atoms with van der Waals surface area (Å²) in [6.45, 7) is -0.556. The fraction of sp³-hybridized carbons (Fsp3) is 0.300. The average molecular weight is 333 g/mol. The topological polar surface area (TPSA) is 145 Å². The van der Waals surface area contributed by atoms with E-state index in [-0.39, 0.29) is 23.2 Å². The van der Waals surface area contributed by atoms with E-state index >= 15 is 0 Å². The van der Waals surface area contributed by atoms with Crippen molar-refractivity contribution < 1.29 is 14.9 Å². The third-order valence-corrected chi connectivity index (χ3v) is 3.77. The number of aliphatic hydroxyl groups excluding tert-OH is 2. The second kappa shape index (κ2) is 4.52. The number of nitrogens with zero attached hydrogens (tertiary/aromatic N) is 4. The van der Waals surface area contributed by atoms with Crippen molar-refractivity contribution in [2.75, 3.05) is 18.1 Å². The molecule has 6 N–H and O–H groups in total. The molecule has 0 aliphatic carbocycles. The van der Waals surface area contributed by atoms with E-state index in [1.807, 2.05) is 0 Å². The Morgan fingerprint density at radius 1 is 1.43 bits per heavy atom. The largest absolute Gasteiger partial charge is 0.506 e. The summed E-state index contributed by atoms with van der Waals surface area (Å²) in [4.78, 5) is 7.82. The van der Waals surface area contributed by atoms with Crippen LogP contribution in [0.25, 0.3) is 5.65 Å². The highest BCUT2D eigenvalue weighted by Crippen LogP contribution is 2.50. The molecule has 112 valence electrons. The molecule has 2 aromatic rings. The van der Waals surface area contributed by atoms with Crippen LogP contribution in [0.5, 0.6) is 0 Å². The number of fused-ring (bicyclic) bond motifs is 1. The summed E-state index contributed by atoms with van der Waals surface area (Å²) in [5.74, 6) is -0.606. The highest BCUT2D eigenvalue weighted by molar-refractivity contribution is 6.51. The van der Waals surface area contributed by atoms with Crippen LogP contribution in [0.2, 0.25) is 0 Å². The minimum absolute atomic E-state index is 0.0704. The third kappa shape index (κ3) is 1.93. The Bertz CT molecular complexity index is 759. The number of ether oxygens (including phenoxy) is 1. The van der Waals surface area contributed by atoms with Crippen molar-refractivity contribution in [2.45, 2.75) is 10.4 Å². The number of alkyl halides is 2. The molecule has 1 atom stereocenters. The molecule has 3 heterocycles. The van der Waals surface area contributed by atoms with Gasteiger partial charge in [-0.3, -0.25) is 0 Å². The molecule has 0 spiro atoms. The molecule has 3 rings (SSSR count). The number of anilines is 2. The van der Waals surface area contributed by atoms with Gasteiger partial charge in [0.25, 0.3) is 0 Å². The highest BCUT2D eigenvalue weighted by Gasteiger charge is 2.51. The predicted octanol–water partition coefficient (Wildman–Crippen LogP) is 0.296. The van der Waals surface area contributed by atoms with Gasteiger partial charge in [-0.25, -0.2) is 9.50 Å². The maximum Gasteiger partial charge on any atom is 0.240 e. The van der Waals surface area contributed by atoms with Crippen LogP contribution in [0.1, 0.15) is 11.8 Å². The number of nitrogens with two attached hydrogens (primary N) is 2. The van der Waals surface area contributed by atoms with Crippen molar-refractivity contribution in [3.8, 4) is 0 Å². The van der Waals surface area contributed by atoms with E-state index < -0.39 is 22.8 Å². The normalized spacial score (nSPS) is 21.0. The van der Waals surface area contributed by atoms with Gasteiger partial charge in [0.2, 0.25) is 10.3 Å². The zero-order chi connectivity index (χ0) is 15.4. The summed E-state index contributed by atoms with van der Waals surface area (Å²) in [6, 6.07) is 0. The number of rotatable bonds is 2. The van der Waals surface area contributed by atoms with Crippen LogP contribution in [0.3, 0.4) is 0 Å².